The summed E-state index contributed by atoms with van der Waals surface area (Å²) in [5.74, 6) is 0. The third-order valence-electron chi connectivity index (χ3n) is 18.0. The van der Waals surface area contributed by atoms with Crippen LogP contribution in [-0.2, 0) is 0 Å². The second-order valence-electron chi connectivity index (χ2n) is 23.2. The molecule has 0 saturated heterocycles. The molecule has 0 fully saturated rings. The van der Waals surface area contributed by atoms with Crippen molar-refractivity contribution in [2.45, 2.75) is 0 Å². The van der Waals surface area contributed by atoms with Gasteiger partial charge in [0.2, 0.25) is 0 Å². The molecule has 1 aromatic heterocycles. The van der Waals surface area contributed by atoms with Crippen molar-refractivity contribution in [3.8, 4) is 55.6 Å². The van der Waals surface area contributed by atoms with E-state index >= 15 is 0 Å². The highest BCUT2D eigenvalue weighted by molar-refractivity contribution is 7.26. The first-order chi connectivity index (χ1) is 44.1. The normalized spacial score (nSPS) is 11.6. The molecular formula is C86H56N2S. The summed E-state index contributed by atoms with van der Waals surface area (Å²) in [5, 5.41) is 15.1. The van der Waals surface area contributed by atoms with Crippen molar-refractivity contribution in [1.82, 2.24) is 0 Å². The topological polar surface area (TPSA) is 6.48 Å². The van der Waals surface area contributed by atoms with Crippen LogP contribution in [0.15, 0.2) is 340 Å². The Bertz CT molecular complexity index is 5560. The van der Waals surface area contributed by atoms with Gasteiger partial charge in [0.15, 0.2) is 0 Å². The Morgan fingerprint density at radius 3 is 1.24 bits per heavy atom. The number of thiophene rings is 1. The van der Waals surface area contributed by atoms with Crippen molar-refractivity contribution in [2.24, 2.45) is 0 Å². The zero-order valence-electron chi connectivity index (χ0n) is 48.6. The number of hydrogen-bond acceptors (Lipinski definition) is 3. The predicted molar refractivity (Wildman–Crippen MR) is 383 cm³/mol. The first-order valence-electron chi connectivity index (χ1n) is 30.5. The minimum absolute atomic E-state index is 1.06. The lowest BCUT2D eigenvalue weighted by molar-refractivity contribution is 1.28. The number of rotatable bonds is 11. The summed E-state index contributed by atoms with van der Waals surface area (Å²) in [6.07, 6.45) is 0. The van der Waals surface area contributed by atoms with Crippen LogP contribution in [0.2, 0.25) is 0 Å². The molecular weight excluding hydrogens is 1090 g/mol. The molecule has 0 aliphatic rings. The van der Waals surface area contributed by atoms with E-state index in [0.29, 0.717) is 0 Å². The number of hydrogen-bond donors (Lipinski definition) is 0. The molecule has 0 amide bonds. The van der Waals surface area contributed by atoms with E-state index in [2.05, 4.69) is 350 Å². The minimum Gasteiger partial charge on any atom is -0.310 e. The first kappa shape index (κ1) is 52.0. The van der Waals surface area contributed by atoms with E-state index in [-0.39, 0.29) is 0 Å². The van der Waals surface area contributed by atoms with Crippen LogP contribution in [0.25, 0.3) is 130 Å². The van der Waals surface area contributed by atoms with Crippen molar-refractivity contribution in [2.75, 3.05) is 9.80 Å². The van der Waals surface area contributed by atoms with Crippen LogP contribution >= 0.6 is 11.3 Å². The Morgan fingerprint density at radius 2 is 0.573 bits per heavy atom. The van der Waals surface area contributed by atoms with Gasteiger partial charge in [-0.1, -0.05) is 249 Å². The zero-order valence-corrected chi connectivity index (χ0v) is 49.5. The van der Waals surface area contributed by atoms with E-state index in [1.54, 1.807) is 0 Å². The van der Waals surface area contributed by atoms with Gasteiger partial charge in [-0.2, -0.15) is 0 Å². The van der Waals surface area contributed by atoms with Crippen molar-refractivity contribution in [3.63, 3.8) is 0 Å². The molecule has 0 unspecified atom stereocenters. The monoisotopic (exact) mass is 1150 g/mol. The molecule has 16 aromatic carbocycles. The Balaban J connectivity index is 0.751. The van der Waals surface area contributed by atoms with Gasteiger partial charge in [0.05, 0.1) is 0 Å². The SMILES string of the molecule is c1cc(-c2cccc(N(c3cccc(-c4ccc5ccccc5c4)c3)c3ccc4c(ccc5ccccc54)c3)c2)cc(N(c2ccc(-c3ccc(-c4cccc5ccccc45)cc3)cc2)c2ccc(-c3ccc4c(c3)sc3ccc5ccccc5c34)cc2)c1. The van der Waals surface area contributed by atoms with Gasteiger partial charge in [0.25, 0.3) is 0 Å². The molecule has 0 saturated carbocycles. The van der Waals surface area contributed by atoms with Gasteiger partial charge in [-0.15, -0.1) is 11.3 Å². The van der Waals surface area contributed by atoms with Crippen molar-refractivity contribution in [1.29, 1.82) is 0 Å². The van der Waals surface area contributed by atoms with Gasteiger partial charge in [0.1, 0.15) is 0 Å². The molecule has 89 heavy (non-hydrogen) atoms. The van der Waals surface area contributed by atoms with Crippen LogP contribution in [-0.4, -0.2) is 0 Å². The quantitative estimate of drug-likeness (QED) is 0.119. The molecule has 416 valence electrons. The molecule has 17 rings (SSSR count). The molecule has 3 heteroatoms. The van der Waals surface area contributed by atoms with Gasteiger partial charge in [-0.3, -0.25) is 0 Å². The highest BCUT2D eigenvalue weighted by Gasteiger charge is 2.20. The van der Waals surface area contributed by atoms with Gasteiger partial charge >= 0.3 is 0 Å². The Morgan fingerprint density at radius 1 is 0.180 bits per heavy atom. The third kappa shape index (κ3) is 9.53. The molecule has 0 atom stereocenters. The molecule has 0 spiro atoms. The van der Waals surface area contributed by atoms with Crippen LogP contribution in [0.3, 0.4) is 0 Å². The zero-order chi connectivity index (χ0) is 58.8. The van der Waals surface area contributed by atoms with Gasteiger partial charge < -0.3 is 9.80 Å². The summed E-state index contributed by atoms with van der Waals surface area (Å²) in [5.41, 5.74) is 18.2. The van der Waals surface area contributed by atoms with E-state index in [1.807, 2.05) is 11.3 Å². The lowest BCUT2D eigenvalue weighted by Gasteiger charge is -2.28. The second kappa shape index (κ2) is 21.9. The van der Waals surface area contributed by atoms with Crippen LogP contribution < -0.4 is 9.80 Å². The third-order valence-corrected chi connectivity index (χ3v) is 19.1. The molecule has 1 heterocycles. The van der Waals surface area contributed by atoms with Crippen molar-refractivity contribution < 1.29 is 0 Å². The lowest BCUT2D eigenvalue weighted by Crippen LogP contribution is -2.10. The largest absolute Gasteiger partial charge is 0.310 e. The first-order valence-corrected chi connectivity index (χ1v) is 31.3. The van der Waals surface area contributed by atoms with Crippen LogP contribution in [0.5, 0.6) is 0 Å². The minimum atomic E-state index is 1.06. The Labute approximate surface area is 521 Å². The van der Waals surface area contributed by atoms with E-state index in [4.69, 9.17) is 0 Å². The predicted octanol–water partition coefficient (Wildman–Crippen LogP) is 25.1. The van der Waals surface area contributed by atoms with Gasteiger partial charge in [-0.25, -0.2) is 0 Å². The summed E-state index contributed by atoms with van der Waals surface area (Å²) >= 11 is 1.88. The highest BCUT2D eigenvalue weighted by atomic mass is 32.1. The smallest absolute Gasteiger partial charge is 0.0468 e. The fourth-order valence-corrected chi connectivity index (χ4v) is 14.7. The average molecular weight is 1150 g/mol. The van der Waals surface area contributed by atoms with Gasteiger partial charge in [0, 0.05) is 54.3 Å². The molecule has 0 radical (unpaired) electrons. The molecule has 0 bridgehead atoms. The molecule has 0 aliphatic carbocycles. The maximum Gasteiger partial charge on any atom is 0.0468 e. The van der Waals surface area contributed by atoms with E-state index in [0.717, 1.165) is 56.4 Å². The Kier molecular flexibility index (Phi) is 12.8. The molecule has 2 nitrogen and oxygen atoms in total. The number of fused-ring (bicyclic) bond motifs is 10. The molecule has 0 N–H and O–H groups in total. The van der Waals surface area contributed by atoms with Gasteiger partial charge in [-0.05, 0) is 200 Å². The standard InChI is InChI=1S/C86H56N2S/c1-2-17-65-51-69(35-31-57(65)13-1)68-21-11-24-76(54-68)88(77-47-49-81-71(55-77)36-34-62-15-4-7-26-79(62)81)75-23-10-20-67(53-75)66-19-9-22-74(52-66)87(72-43-37-59(38-44-72)58-29-32-64(33-30-58)80-28-12-18-61-14-3-6-25-78(61)80)73-45-39-60(40-46-73)70-41-48-83-85(56-70)89-84-50-42-63-16-5-8-27-82(63)86(83)84/h1-56H. The van der Waals surface area contributed by atoms with Crippen LogP contribution in [0, 0.1) is 0 Å². The lowest BCUT2D eigenvalue weighted by atomic mass is 9.96. The van der Waals surface area contributed by atoms with Crippen molar-refractivity contribution >= 4 is 119 Å². The van der Waals surface area contributed by atoms with Crippen molar-refractivity contribution in [3.05, 3.63) is 340 Å². The second-order valence-corrected chi connectivity index (χ2v) is 24.3. The van der Waals surface area contributed by atoms with Crippen LogP contribution in [0.1, 0.15) is 0 Å². The fourth-order valence-electron chi connectivity index (χ4n) is 13.5. The summed E-state index contributed by atoms with van der Waals surface area (Å²) in [6, 6.07) is 125. The summed E-state index contributed by atoms with van der Waals surface area (Å²) < 4.78 is 2.62. The highest BCUT2D eigenvalue weighted by Crippen LogP contribution is 2.45. The average Bonchev–Trinajstić information content (AvgIpc) is 3.16. The Hall–Kier alpha value is -11.4. The van der Waals surface area contributed by atoms with E-state index in [9.17, 15) is 0 Å². The van der Waals surface area contributed by atoms with Crippen LogP contribution in [0.4, 0.5) is 34.1 Å². The molecule has 0 aliphatic heterocycles. The summed E-state index contributed by atoms with van der Waals surface area (Å²) in [4.78, 5) is 4.81. The molecule has 17 aromatic rings. The van der Waals surface area contributed by atoms with E-state index < -0.39 is 0 Å². The summed E-state index contributed by atoms with van der Waals surface area (Å²) in [7, 11) is 0. The summed E-state index contributed by atoms with van der Waals surface area (Å²) in [6.45, 7) is 0. The number of benzene rings is 16. The maximum absolute atomic E-state index is 2.42. The fraction of sp³-hybridized carbons (Fsp3) is 0. The number of anilines is 6. The number of nitrogens with zero attached hydrogens (tertiary/aromatic N) is 2. The maximum atomic E-state index is 2.42. The van der Waals surface area contributed by atoms with E-state index in [1.165, 1.54) is 107 Å².